The second-order valence-corrected chi connectivity index (χ2v) is 4.36. The molecule has 0 bridgehead atoms. The van der Waals surface area contributed by atoms with Gasteiger partial charge in [-0.25, -0.2) is 4.68 Å². The van der Waals surface area contributed by atoms with Crippen molar-refractivity contribution in [3.63, 3.8) is 0 Å². The Labute approximate surface area is 115 Å². The molecule has 2 rings (SSSR count). The first-order chi connectivity index (χ1) is 9.47. The Morgan fingerprint density at radius 3 is 2.70 bits per heavy atom. The third-order valence-corrected chi connectivity index (χ3v) is 2.72. The summed E-state index contributed by atoms with van der Waals surface area (Å²) >= 11 is 0. The molecule has 0 radical (unpaired) electrons. The summed E-state index contributed by atoms with van der Waals surface area (Å²) in [6, 6.07) is 7.88. The third-order valence-electron chi connectivity index (χ3n) is 2.72. The highest BCUT2D eigenvalue weighted by atomic mass is 16.6. The molecule has 0 aliphatic heterocycles. The van der Waals surface area contributed by atoms with E-state index in [0.29, 0.717) is 5.56 Å². The van der Waals surface area contributed by atoms with Crippen molar-refractivity contribution in [1.29, 1.82) is 0 Å². The molecule has 0 aliphatic carbocycles. The SMILES string of the molecule is Cc1cc(C)n(C(=O)/C=C/c2cccc([N+](=O)[O-])c2)n1. The van der Waals surface area contributed by atoms with Crippen molar-refractivity contribution in [3.05, 3.63) is 63.5 Å². The highest BCUT2D eigenvalue weighted by Crippen LogP contribution is 2.14. The van der Waals surface area contributed by atoms with Gasteiger partial charge in [-0.1, -0.05) is 12.1 Å². The van der Waals surface area contributed by atoms with Gasteiger partial charge in [-0.3, -0.25) is 14.9 Å². The molecular formula is C14H13N3O3. The van der Waals surface area contributed by atoms with Gasteiger partial charge in [0.15, 0.2) is 0 Å². The molecule has 102 valence electrons. The lowest BCUT2D eigenvalue weighted by Crippen LogP contribution is -2.10. The Kier molecular flexibility index (Phi) is 3.74. The van der Waals surface area contributed by atoms with E-state index in [-0.39, 0.29) is 11.6 Å². The zero-order valence-electron chi connectivity index (χ0n) is 11.1. The van der Waals surface area contributed by atoms with E-state index in [0.717, 1.165) is 11.4 Å². The summed E-state index contributed by atoms with van der Waals surface area (Å²) in [5, 5.41) is 14.7. The molecule has 0 N–H and O–H groups in total. The van der Waals surface area contributed by atoms with Crippen LogP contribution in [-0.4, -0.2) is 20.6 Å². The molecule has 6 nitrogen and oxygen atoms in total. The van der Waals surface area contributed by atoms with E-state index in [1.165, 1.54) is 29.0 Å². The standard InChI is InChI=1S/C14H13N3O3/c1-10-8-11(2)16(15-10)14(18)7-6-12-4-3-5-13(9-12)17(19)20/h3-9H,1-2H3/b7-6+. The van der Waals surface area contributed by atoms with E-state index in [2.05, 4.69) is 5.10 Å². The van der Waals surface area contributed by atoms with Gasteiger partial charge in [0.1, 0.15) is 0 Å². The van der Waals surface area contributed by atoms with Gasteiger partial charge in [-0.05, 0) is 31.6 Å². The van der Waals surface area contributed by atoms with Gasteiger partial charge in [0.2, 0.25) is 0 Å². The van der Waals surface area contributed by atoms with Crippen molar-refractivity contribution in [2.45, 2.75) is 13.8 Å². The predicted molar refractivity (Wildman–Crippen MR) is 74.5 cm³/mol. The van der Waals surface area contributed by atoms with Gasteiger partial charge in [0.05, 0.1) is 10.6 Å². The molecule has 0 unspecified atom stereocenters. The quantitative estimate of drug-likeness (QED) is 0.488. The van der Waals surface area contributed by atoms with E-state index >= 15 is 0 Å². The van der Waals surface area contributed by atoms with Crippen LogP contribution in [0.25, 0.3) is 6.08 Å². The Morgan fingerprint density at radius 2 is 2.10 bits per heavy atom. The van der Waals surface area contributed by atoms with Crippen LogP contribution in [0.15, 0.2) is 36.4 Å². The largest absolute Gasteiger partial charge is 0.271 e. The van der Waals surface area contributed by atoms with Crippen LogP contribution in [0.4, 0.5) is 5.69 Å². The number of aryl methyl sites for hydroxylation is 2. The maximum atomic E-state index is 12.0. The number of rotatable bonds is 3. The van der Waals surface area contributed by atoms with Crippen molar-refractivity contribution in [2.24, 2.45) is 0 Å². The Hall–Kier alpha value is -2.76. The number of aromatic nitrogens is 2. The molecule has 1 aromatic heterocycles. The van der Waals surface area contributed by atoms with Crippen LogP contribution in [0.5, 0.6) is 0 Å². The van der Waals surface area contributed by atoms with Crippen molar-refractivity contribution < 1.29 is 9.72 Å². The summed E-state index contributed by atoms with van der Waals surface area (Å²) in [5.41, 5.74) is 2.09. The first-order valence-corrected chi connectivity index (χ1v) is 5.97. The molecule has 0 spiro atoms. The van der Waals surface area contributed by atoms with Crippen molar-refractivity contribution in [3.8, 4) is 0 Å². The minimum atomic E-state index is -0.472. The molecule has 0 amide bonds. The third kappa shape index (κ3) is 2.97. The van der Waals surface area contributed by atoms with E-state index < -0.39 is 4.92 Å². The van der Waals surface area contributed by atoms with Crippen molar-refractivity contribution in [1.82, 2.24) is 9.78 Å². The average Bonchev–Trinajstić information content (AvgIpc) is 2.75. The molecule has 0 saturated heterocycles. The molecule has 20 heavy (non-hydrogen) atoms. The number of carbonyl (C=O) groups is 1. The second kappa shape index (κ2) is 5.48. The molecule has 1 heterocycles. The van der Waals surface area contributed by atoms with Crippen LogP contribution in [0.1, 0.15) is 21.7 Å². The zero-order valence-corrected chi connectivity index (χ0v) is 11.1. The number of nitrogens with zero attached hydrogens (tertiary/aromatic N) is 3. The van der Waals surface area contributed by atoms with Gasteiger partial charge < -0.3 is 0 Å². The lowest BCUT2D eigenvalue weighted by molar-refractivity contribution is -0.384. The molecule has 1 aromatic carbocycles. The number of hydrogen-bond donors (Lipinski definition) is 0. The minimum Gasteiger partial charge on any atom is -0.267 e. The first kappa shape index (κ1) is 13.7. The number of non-ortho nitro benzene ring substituents is 1. The summed E-state index contributed by atoms with van der Waals surface area (Å²) in [5.74, 6) is -0.290. The molecule has 2 aromatic rings. The van der Waals surface area contributed by atoms with Crippen LogP contribution in [0.2, 0.25) is 0 Å². The van der Waals surface area contributed by atoms with E-state index in [1.807, 2.05) is 0 Å². The van der Waals surface area contributed by atoms with Crippen LogP contribution in [0, 0.1) is 24.0 Å². The van der Waals surface area contributed by atoms with Crippen LogP contribution >= 0.6 is 0 Å². The topological polar surface area (TPSA) is 78.0 Å². The lowest BCUT2D eigenvalue weighted by atomic mass is 10.2. The molecule has 0 atom stereocenters. The van der Waals surface area contributed by atoms with E-state index in [4.69, 9.17) is 0 Å². The van der Waals surface area contributed by atoms with E-state index in [1.54, 1.807) is 32.0 Å². The highest BCUT2D eigenvalue weighted by Gasteiger charge is 2.07. The second-order valence-electron chi connectivity index (χ2n) is 4.36. The van der Waals surface area contributed by atoms with E-state index in [9.17, 15) is 14.9 Å². The van der Waals surface area contributed by atoms with Gasteiger partial charge >= 0.3 is 0 Å². The molecule has 0 saturated carbocycles. The Morgan fingerprint density at radius 1 is 1.35 bits per heavy atom. The summed E-state index contributed by atoms with van der Waals surface area (Å²) in [4.78, 5) is 22.1. The maximum absolute atomic E-state index is 12.0. The summed E-state index contributed by atoms with van der Waals surface area (Å²) in [6.07, 6.45) is 2.88. The minimum absolute atomic E-state index is 0.00860. The monoisotopic (exact) mass is 271 g/mol. The summed E-state index contributed by atoms with van der Waals surface area (Å²) in [7, 11) is 0. The average molecular weight is 271 g/mol. The number of nitro groups is 1. The van der Waals surface area contributed by atoms with Gasteiger partial charge in [-0.15, -0.1) is 0 Å². The van der Waals surface area contributed by atoms with Crippen LogP contribution in [0.3, 0.4) is 0 Å². The number of allylic oxidation sites excluding steroid dienone is 1. The Balaban J connectivity index is 2.21. The fraction of sp³-hybridized carbons (Fsp3) is 0.143. The number of nitro benzene ring substituents is 1. The summed E-state index contributed by atoms with van der Waals surface area (Å²) < 4.78 is 1.29. The smallest absolute Gasteiger partial charge is 0.267 e. The van der Waals surface area contributed by atoms with Crippen LogP contribution in [-0.2, 0) is 0 Å². The van der Waals surface area contributed by atoms with Gasteiger partial charge in [-0.2, -0.15) is 5.10 Å². The van der Waals surface area contributed by atoms with Crippen molar-refractivity contribution in [2.75, 3.05) is 0 Å². The molecule has 0 fully saturated rings. The number of hydrogen-bond acceptors (Lipinski definition) is 4. The zero-order chi connectivity index (χ0) is 14.7. The maximum Gasteiger partial charge on any atom is 0.271 e. The fourth-order valence-corrected chi connectivity index (χ4v) is 1.83. The fourth-order valence-electron chi connectivity index (χ4n) is 1.83. The first-order valence-electron chi connectivity index (χ1n) is 5.97. The van der Waals surface area contributed by atoms with Crippen molar-refractivity contribution >= 4 is 17.7 Å². The summed E-state index contributed by atoms with van der Waals surface area (Å²) in [6.45, 7) is 3.60. The van der Waals surface area contributed by atoms with Crippen LogP contribution < -0.4 is 0 Å². The number of benzene rings is 1. The Bertz CT molecular complexity index is 701. The normalized spacial score (nSPS) is 10.9. The highest BCUT2D eigenvalue weighted by molar-refractivity contribution is 5.93. The number of carbonyl (C=O) groups excluding carboxylic acids is 1. The van der Waals surface area contributed by atoms with Gasteiger partial charge in [0, 0.05) is 23.9 Å². The molecule has 6 heteroatoms. The lowest BCUT2D eigenvalue weighted by Gasteiger charge is -1.98. The predicted octanol–water partition coefficient (Wildman–Crippen LogP) is 2.76. The molecular weight excluding hydrogens is 258 g/mol. The molecule has 0 aliphatic rings. The van der Waals surface area contributed by atoms with Gasteiger partial charge in [0.25, 0.3) is 11.6 Å².